The summed E-state index contributed by atoms with van der Waals surface area (Å²) in [5, 5.41) is 3.45. The van der Waals surface area contributed by atoms with Crippen molar-refractivity contribution in [2.45, 2.75) is 64.3 Å². The molecule has 2 rings (SSSR count). The number of hydrogen-bond acceptors (Lipinski definition) is 4. The number of nitrogens with zero attached hydrogens (tertiary/aromatic N) is 1. The van der Waals surface area contributed by atoms with E-state index >= 15 is 0 Å². The summed E-state index contributed by atoms with van der Waals surface area (Å²) in [7, 11) is 0. The Morgan fingerprint density at radius 3 is 2.57 bits per heavy atom. The number of carbonyl (C=O) groups excluding carboxylic acids is 1. The van der Waals surface area contributed by atoms with Crippen LogP contribution in [0.1, 0.15) is 58.3 Å². The van der Waals surface area contributed by atoms with Gasteiger partial charge in [0.1, 0.15) is 0 Å². The van der Waals surface area contributed by atoms with E-state index in [0.29, 0.717) is 13.0 Å². The minimum atomic E-state index is -0.0359. The van der Waals surface area contributed by atoms with Crippen LogP contribution in [0.25, 0.3) is 0 Å². The first-order valence-corrected chi connectivity index (χ1v) is 8.90. The number of carbonyl (C=O) groups is 1. The molecule has 1 aliphatic heterocycles. The topological polar surface area (TPSA) is 41.6 Å². The minimum Gasteiger partial charge on any atom is -0.466 e. The van der Waals surface area contributed by atoms with E-state index in [0.717, 1.165) is 24.8 Å². The first kappa shape index (κ1) is 16.8. The lowest BCUT2D eigenvalue weighted by Gasteiger charge is -2.30. The molecule has 1 saturated carbocycles. The molecule has 2 fully saturated rings. The summed E-state index contributed by atoms with van der Waals surface area (Å²) in [6.07, 6.45) is 9.41. The average molecular weight is 296 g/mol. The van der Waals surface area contributed by atoms with Crippen molar-refractivity contribution in [1.82, 2.24) is 10.2 Å². The van der Waals surface area contributed by atoms with Gasteiger partial charge in [-0.15, -0.1) is 0 Å². The standard InChI is InChI=1S/C17H32N2O2/c1-2-21-17(20)6-4-3-5-13-19(16-7-8-16)14-15-9-11-18-12-10-15/h15-16,18H,2-14H2,1H3. The Bertz CT molecular complexity index is 299. The highest BCUT2D eigenvalue weighted by atomic mass is 16.5. The normalized spacial score (nSPS) is 19.9. The second-order valence-electron chi connectivity index (χ2n) is 6.54. The molecule has 1 N–H and O–H groups in total. The lowest BCUT2D eigenvalue weighted by molar-refractivity contribution is -0.143. The van der Waals surface area contributed by atoms with Crippen molar-refractivity contribution >= 4 is 5.97 Å². The molecule has 0 amide bonds. The van der Waals surface area contributed by atoms with Crippen LogP contribution < -0.4 is 5.32 Å². The second-order valence-corrected chi connectivity index (χ2v) is 6.54. The molecular formula is C17H32N2O2. The molecule has 0 unspecified atom stereocenters. The highest BCUT2D eigenvalue weighted by Crippen LogP contribution is 2.29. The predicted molar refractivity (Wildman–Crippen MR) is 85.3 cm³/mol. The van der Waals surface area contributed by atoms with Crippen molar-refractivity contribution in [3.63, 3.8) is 0 Å². The van der Waals surface area contributed by atoms with Gasteiger partial charge in [-0.05, 0) is 71.0 Å². The molecule has 4 heteroatoms. The molecule has 2 aliphatic rings. The third-order valence-corrected chi connectivity index (χ3v) is 4.65. The summed E-state index contributed by atoms with van der Waals surface area (Å²) >= 11 is 0. The molecule has 0 aromatic heterocycles. The van der Waals surface area contributed by atoms with Crippen LogP contribution in [0.5, 0.6) is 0 Å². The van der Waals surface area contributed by atoms with Gasteiger partial charge in [0.25, 0.3) is 0 Å². The van der Waals surface area contributed by atoms with Crippen LogP contribution in [0.4, 0.5) is 0 Å². The van der Waals surface area contributed by atoms with E-state index < -0.39 is 0 Å². The zero-order chi connectivity index (χ0) is 14.9. The van der Waals surface area contributed by atoms with Crippen LogP contribution in [0.3, 0.4) is 0 Å². The van der Waals surface area contributed by atoms with Gasteiger partial charge in [-0.3, -0.25) is 4.79 Å². The van der Waals surface area contributed by atoms with E-state index in [-0.39, 0.29) is 5.97 Å². The Hall–Kier alpha value is -0.610. The molecular weight excluding hydrogens is 264 g/mol. The molecule has 122 valence electrons. The van der Waals surface area contributed by atoms with Gasteiger partial charge < -0.3 is 15.0 Å². The summed E-state index contributed by atoms with van der Waals surface area (Å²) in [5.74, 6) is 0.859. The summed E-state index contributed by atoms with van der Waals surface area (Å²) in [4.78, 5) is 14.0. The summed E-state index contributed by atoms with van der Waals surface area (Å²) in [6, 6.07) is 0.866. The molecule has 0 radical (unpaired) electrons. The molecule has 1 aliphatic carbocycles. The zero-order valence-electron chi connectivity index (χ0n) is 13.6. The maximum atomic E-state index is 11.3. The number of rotatable bonds is 10. The van der Waals surface area contributed by atoms with Gasteiger partial charge in [-0.25, -0.2) is 0 Å². The quantitative estimate of drug-likeness (QED) is 0.497. The number of ether oxygens (including phenoxy) is 1. The SMILES string of the molecule is CCOC(=O)CCCCCN(CC1CCNCC1)C1CC1. The zero-order valence-corrected chi connectivity index (χ0v) is 13.6. The Morgan fingerprint density at radius 1 is 1.14 bits per heavy atom. The largest absolute Gasteiger partial charge is 0.466 e. The van der Waals surface area contributed by atoms with Gasteiger partial charge in [0.05, 0.1) is 6.61 Å². The monoisotopic (exact) mass is 296 g/mol. The van der Waals surface area contributed by atoms with E-state index in [2.05, 4.69) is 10.2 Å². The highest BCUT2D eigenvalue weighted by molar-refractivity contribution is 5.69. The third kappa shape index (κ3) is 6.79. The number of piperidine rings is 1. The van der Waals surface area contributed by atoms with E-state index in [1.54, 1.807) is 0 Å². The van der Waals surface area contributed by atoms with Crippen molar-refractivity contribution in [2.75, 3.05) is 32.8 Å². The molecule has 0 spiro atoms. The van der Waals surface area contributed by atoms with Crippen molar-refractivity contribution in [3.8, 4) is 0 Å². The second kappa shape index (κ2) is 9.42. The van der Waals surface area contributed by atoms with E-state index in [1.807, 2.05) is 6.92 Å². The van der Waals surface area contributed by atoms with Crippen LogP contribution in [-0.4, -0.2) is 49.7 Å². The Morgan fingerprint density at radius 2 is 1.90 bits per heavy atom. The molecule has 0 aromatic carbocycles. The lowest BCUT2D eigenvalue weighted by Crippen LogP contribution is -2.37. The number of hydrogen-bond donors (Lipinski definition) is 1. The fourth-order valence-corrected chi connectivity index (χ4v) is 3.25. The van der Waals surface area contributed by atoms with Crippen LogP contribution in [-0.2, 0) is 9.53 Å². The molecule has 1 saturated heterocycles. The highest BCUT2D eigenvalue weighted by Gasteiger charge is 2.30. The Labute approximate surface area is 129 Å². The van der Waals surface area contributed by atoms with Crippen LogP contribution in [0.2, 0.25) is 0 Å². The molecule has 21 heavy (non-hydrogen) atoms. The van der Waals surface area contributed by atoms with E-state index in [9.17, 15) is 4.79 Å². The lowest BCUT2D eigenvalue weighted by atomic mass is 9.97. The average Bonchev–Trinajstić information content (AvgIpc) is 3.32. The van der Waals surface area contributed by atoms with Crippen molar-refractivity contribution in [1.29, 1.82) is 0 Å². The van der Waals surface area contributed by atoms with Gasteiger partial charge in [0.2, 0.25) is 0 Å². The predicted octanol–water partition coefficient (Wildman–Crippen LogP) is 2.57. The third-order valence-electron chi connectivity index (χ3n) is 4.65. The smallest absolute Gasteiger partial charge is 0.305 e. The van der Waals surface area contributed by atoms with Crippen molar-refractivity contribution < 1.29 is 9.53 Å². The van der Waals surface area contributed by atoms with Crippen molar-refractivity contribution in [3.05, 3.63) is 0 Å². The maximum Gasteiger partial charge on any atom is 0.305 e. The van der Waals surface area contributed by atoms with Crippen molar-refractivity contribution in [2.24, 2.45) is 5.92 Å². The first-order chi connectivity index (χ1) is 10.3. The minimum absolute atomic E-state index is 0.0359. The van der Waals surface area contributed by atoms with Crippen LogP contribution >= 0.6 is 0 Å². The Balaban J connectivity index is 1.56. The number of esters is 1. The molecule has 4 nitrogen and oxygen atoms in total. The molecule has 1 heterocycles. The fraction of sp³-hybridized carbons (Fsp3) is 0.941. The Kier molecular flexibility index (Phi) is 7.51. The van der Waals surface area contributed by atoms with Gasteiger partial charge in [0.15, 0.2) is 0 Å². The summed E-state index contributed by atoms with van der Waals surface area (Å²) < 4.78 is 4.96. The number of nitrogens with one attached hydrogen (secondary N) is 1. The van der Waals surface area contributed by atoms with Gasteiger partial charge in [0, 0.05) is 19.0 Å². The van der Waals surface area contributed by atoms with E-state index in [4.69, 9.17) is 4.74 Å². The number of unbranched alkanes of at least 4 members (excludes halogenated alkanes) is 2. The fourth-order valence-electron chi connectivity index (χ4n) is 3.25. The van der Waals surface area contributed by atoms with E-state index in [1.165, 1.54) is 58.3 Å². The summed E-state index contributed by atoms with van der Waals surface area (Å²) in [5.41, 5.74) is 0. The van der Waals surface area contributed by atoms with Gasteiger partial charge in [-0.1, -0.05) is 6.42 Å². The van der Waals surface area contributed by atoms with Gasteiger partial charge in [-0.2, -0.15) is 0 Å². The van der Waals surface area contributed by atoms with Crippen LogP contribution in [0.15, 0.2) is 0 Å². The first-order valence-electron chi connectivity index (χ1n) is 8.90. The molecule has 0 bridgehead atoms. The molecule has 0 atom stereocenters. The van der Waals surface area contributed by atoms with Crippen LogP contribution in [0, 0.1) is 5.92 Å². The maximum absolute atomic E-state index is 11.3. The summed E-state index contributed by atoms with van der Waals surface area (Å²) in [6.45, 7) is 7.28. The van der Waals surface area contributed by atoms with Gasteiger partial charge >= 0.3 is 5.97 Å². The molecule has 0 aromatic rings.